The molecule has 0 spiro atoms. The summed E-state index contributed by atoms with van der Waals surface area (Å²) >= 11 is 0. The third-order valence-corrected chi connectivity index (χ3v) is 2.88. The van der Waals surface area contributed by atoms with Crippen molar-refractivity contribution in [3.63, 3.8) is 0 Å². The number of benzene rings is 1. The third kappa shape index (κ3) is 3.84. The Balaban J connectivity index is 3.02. The third-order valence-electron chi connectivity index (χ3n) is 1.44. The highest BCUT2D eigenvalue weighted by Gasteiger charge is 2.11. The minimum Gasteiger partial charge on any atom is -0.284 e. The van der Waals surface area contributed by atoms with Crippen molar-refractivity contribution < 1.29 is 20.7 Å². The highest BCUT2D eigenvalue weighted by atomic mass is 32.3. The van der Waals surface area contributed by atoms with Gasteiger partial charge >= 0.3 is 10.2 Å². The fourth-order valence-corrected chi connectivity index (χ4v) is 1.93. The van der Waals surface area contributed by atoms with Crippen LogP contribution in [0.15, 0.2) is 29.2 Å². The summed E-state index contributed by atoms with van der Waals surface area (Å²) in [5, 5.41) is 0. The topological polar surface area (TPSA) is 80.3 Å². The molecule has 0 bridgehead atoms. The number of anilines is 1. The molecular formula is C7H8FNO4S2. The maximum Gasteiger partial charge on any atom is 0.332 e. The number of rotatable bonds is 3. The van der Waals surface area contributed by atoms with Crippen molar-refractivity contribution in [3.05, 3.63) is 24.3 Å². The standard InChI is InChI=1S/C7H8FNO4S2/c1-14(10,11)9-6-2-4-7(5-3-6)15(8,12)13/h2-5,9H,1H3. The summed E-state index contributed by atoms with van der Waals surface area (Å²) in [6, 6.07) is 4.27. The van der Waals surface area contributed by atoms with Crippen molar-refractivity contribution in [1.82, 2.24) is 0 Å². The van der Waals surface area contributed by atoms with Gasteiger partial charge in [0.05, 0.1) is 11.2 Å². The van der Waals surface area contributed by atoms with Crippen molar-refractivity contribution in [3.8, 4) is 0 Å². The Morgan fingerprint density at radius 1 is 1.07 bits per heavy atom. The molecular weight excluding hydrogens is 245 g/mol. The lowest BCUT2D eigenvalue weighted by Gasteiger charge is -2.03. The fraction of sp³-hybridized carbons (Fsp3) is 0.143. The Morgan fingerprint density at radius 2 is 1.53 bits per heavy atom. The van der Waals surface area contributed by atoms with Crippen molar-refractivity contribution in [2.24, 2.45) is 0 Å². The summed E-state index contributed by atoms with van der Waals surface area (Å²) in [4.78, 5) is -0.512. The molecule has 0 radical (unpaired) electrons. The van der Waals surface area contributed by atoms with Crippen LogP contribution in [0.2, 0.25) is 0 Å². The molecule has 0 saturated carbocycles. The zero-order valence-electron chi connectivity index (χ0n) is 7.64. The average Bonchev–Trinajstić information content (AvgIpc) is 2.00. The monoisotopic (exact) mass is 253 g/mol. The second-order valence-electron chi connectivity index (χ2n) is 2.84. The lowest BCUT2D eigenvalue weighted by atomic mass is 10.3. The van der Waals surface area contributed by atoms with Crippen LogP contribution in [0.4, 0.5) is 9.57 Å². The predicted octanol–water partition coefficient (Wildman–Crippen LogP) is 0.716. The zero-order valence-corrected chi connectivity index (χ0v) is 9.27. The van der Waals surface area contributed by atoms with Gasteiger partial charge in [-0.1, -0.05) is 0 Å². The molecule has 0 aromatic heterocycles. The molecule has 0 amide bonds. The molecule has 0 aliphatic rings. The average molecular weight is 253 g/mol. The van der Waals surface area contributed by atoms with Crippen LogP contribution in [0.25, 0.3) is 0 Å². The zero-order chi connectivity index (χ0) is 11.7. The van der Waals surface area contributed by atoms with E-state index in [1.165, 1.54) is 0 Å². The van der Waals surface area contributed by atoms with Crippen LogP contribution in [-0.4, -0.2) is 23.1 Å². The Hall–Kier alpha value is -1.15. The number of sulfonamides is 1. The van der Waals surface area contributed by atoms with Crippen LogP contribution in [0.5, 0.6) is 0 Å². The van der Waals surface area contributed by atoms with E-state index in [2.05, 4.69) is 4.72 Å². The quantitative estimate of drug-likeness (QED) is 0.805. The molecule has 8 heteroatoms. The Bertz CT molecular complexity index is 547. The van der Waals surface area contributed by atoms with Crippen LogP contribution in [0.1, 0.15) is 0 Å². The van der Waals surface area contributed by atoms with Gasteiger partial charge in [-0.05, 0) is 24.3 Å². The Kier molecular flexibility index (Phi) is 3.00. The van der Waals surface area contributed by atoms with E-state index in [4.69, 9.17) is 0 Å². The molecule has 1 aromatic rings. The van der Waals surface area contributed by atoms with E-state index < -0.39 is 25.1 Å². The van der Waals surface area contributed by atoms with Crippen molar-refractivity contribution in [1.29, 1.82) is 0 Å². The lowest BCUT2D eigenvalue weighted by Crippen LogP contribution is -2.09. The number of hydrogen-bond donors (Lipinski definition) is 1. The van der Waals surface area contributed by atoms with Gasteiger partial charge in [0.15, 0.2) is 0 Å². The number of nitrogens with one attached hydrogen (secondary N) is 1. The van der Waals surface area contributed by atoms with E-state index >= 15 is 0 Å². The maximum atomic E-state index is 12.4. The molecule has 0 atom stereocenters. The van der Waals surface area contributed by atoms with E-state index in [-0.39, 0.29) is 5.69 Å². The molecule has 0 saturated heterocycles. The molecule has 0 aliphatic heterocycles. The number of halogens is 1. The van der Waals surface area contributed by atoms with Gasteiger partial charge in [-0.15, -0.1) is 3.89 Å². The minimum absolute atomic E-state index is 0.171. The maximum absolute atomic E-state index is 12.4. The second-order valence-corrected chi connectivity index (χ2v) is 5.93. The molecule has 1 aromatic carbocycles. The second kappa shape index (κ2) is 3.78. The lowest BCUT2D eigenvalue weighted by molar-refractivity contribution is 0.552. The smallest absolute Gasteiger partial charge is 0.284 e. The first-order chi connectivity index (χ1) is 6.68. The summed E-state index contributed by atoms with van der Waals surface area (Å²) in [6.07, 6.45) is 0.951. The van der Waals surface area contributed by atoms with Gasteiger partial charge in [-0.25, -0.2) is 8.42 Å². The van der Waals surface area contributed by atoms with Gasteiger partial charge in [0.1, 0.15) is 0 Å². The molecule has 1 N–H and O–H groups in total. The molecule has 0 heterocycles. The van der Waals surface area contributed by atoms with Gasteiger partial charge in [0.2, 0.25) is 10.0 Å². The SMILES string of the molecule is CS(=O)(=O)Nc1ccc(S(=O)(=O)F)cc1. The molecule has 15 heavy (non-hydrogen) atoms. The highest BCUT2D eigenvalue weighted by molar-refractivity contribution is 7.92. The largest absolute Gasteiger partial charge is 0.332 e. The van der Waals surface area contributed by atoms with E-state index in [0.29, 0.717) is 0 Å². The van der Waals surface area contributed by atoms with Crippen LogP contribution < -0.4 is 4.72 Å². The van der Waals surface area contributed by atoms with Gasteiger partial charge in [-0.3, -0.25) is 4.72 Å². The minimum atomic E-state index is -4.74. The van der Waals surface area contributed by atoms with Crippen LogP contribution in [-0.2, 0) is 20.2 Å². The molecule has 84 valence electrons. The van der Waals surface area contributed by atoms with E-state index in [9.17, 15) is 20.7 Å². The Labute approximate surface area is 87.2 Å². The van der Waals surface area contributed by atoms with E-state index in [0.717, 1.165) is 30.5 Å². The van der Waals surface area contributed by atoms with Crippen LogP contribution in [0, 0.1) is 0 Å². The van der Waals surface area contributed by atoms with Gasteiger partial charge in [0, 0.05) is 5.69 Å². The van der Waals surface area contributed by atoms with E-state index in [1.807, 2.05) is 0 Å². The molecule has 1 rings (SSSR count). The molecule has 0 fully saturated rings. The summed E-state index contributed by atoms with van der Waals surface area (Å²) in [5.74, 6) is 0. The fourth-order valence-electron chi connectivity index (χ4n) is 0.900. The molecule has 0 unspecified atom stereocenters. The molecule has 0 aliphatic carbocycles. The first-order valence-electron chi connectivity index (χ1n) is 3.71. The predicted molar refractivity (Wildman–Crippen MR) is 53.2 cm³/mol. The Morgan fingerprint density at radius 3 is 1.87 bits per heavy atom. The summed E-state index contributed by atoms with van der Waals surface area (Å²) in [7, 11) is -8.16. The van der Waals surface area contributed by atoms with Crippen molar-refractivity contribution in [2.75, 3.05) is 11.0 Å². The van der Waals surface area contributed by atoms with Gasteiger partial charge < -0.3 is 0 Å². The van der Waals surface area contributed by atoms with Crippen molar-refractivity contribution >= 4 is 25.9 Å². The normalized spacial score (nSPS) is 12.4. The van der Waals surface area contributed by atoms with E-state index in [1.54, 1.807) is 0 Å². The first kappa shape index (κ1) is 11.9. The summed E-state index contributed by atoms with van der Waals surface area (Å²) in [5.41, 5.74) is 0.171. The van der Waals surface area contributed by atoms with Gasteiger partial charge in [0.25, 0.3) is 0 Å². The number of hydrogen-bond acceptors (Lipinski definition) is 4. The first-order valence-corrected chi connectivity index (χ1v) is 6.98. The summed E-state index contributed by atoms with van der Waals surface area (Å²) < 4.78 is 56.9. The highest BCUT2D eigenvalue weighted by Crippen LogP contribution is 2.16. The van der Waals surface area contributed by atoms with Crippen LogP contribution >= 0.6 is 0 Å². The molecule has 5 nitrogen and oxygen atoms in total. The van der Waals surface area contributed by atoms with Crippen LogP contribution in [0.3, 0.4) is 0 Å². The summed E-state index contributed by atoms with van der Waals surface area (Å²) in [6.45, 7) is 0. The van der Waals surface area contributed by atoms with Crippen molar-refractivity contribution in [2.45, 2.75) is 4.90 Å². The van der Waals surface area contributed by atoms with Gasteiger partial charge in [-0.2, -0.15) is 8.42 Å².